The number of nitrogens with one attached hydrogen (secondary N) is 2. The fourth-order valence-corrected chi connectivity index (χ4v) is 3.75. The Bertz CT molecular complexity index is 1030. The number of benzene rings is 1. The van der Waals surface area contributed by atoms with Gasteiger partial charge in [0.25, 0.3) is 5.91 Å². The van der Waals surface area contributed by atoms with E-state index in [2.05, 4.69) is 10.6 Å². The molecule has 1 aliphatic heterocycles. The number of hydrogen-bond donors (Lipinski definition) is 2. The zero-order chi connectivity index (χ0) is 20.7. The lowest BCUT2D eigenvalue weighted by molar-refractivity contribution is -0.746. The van der Waals surface area contributed by atoms with Crippen molar-refractivity contribution >= 4 is 34.8 Å². The smallest absolute Gasteiger partial charge is 0.326 e. The molecule has 9 nitrogen and oxygen atoms in total. The van der Waals surface area contributed by atoms with E-state index in [1.807, 2.05) is 0 Å². The van der Waals surface area contributed by atoms with Crippen LogP contribution in [-0.2, 0) is 23.2 Å². The molecule has 2 amide bonds. The summed E-state index contributed by atoms with van der Waals surface area (Å²) in [5.41, 5.74) is 0.136. The topological polar surface area (TPSA) is 103 Å². The van der Waals surface area contributed by atoms with Gasteiger partial charge in [-0.05, 0) is 54.6 Å². The fourth-order valence-electron chi connectivity index (χ4n) is 3.32. The third-order valence-electron chi connectivity index (χ3n) is 5.01. The number of amides is 2. The first-order chi connectivity index (χ1) is 13.8. The van der Waals surface area contributed by atoms with Crippen LogP contribution in [0.4, 0.5) is 10.1 Å². The highest BCUT2D eigenvalue weighted by molar-refractivity contribution is 7.80. The first-order valence-electron chi connectivity index (χ1n) is 9.10. The minimum atomic E-state index is -0.835. The number of H-pyrrole nitrogens is 1. The normalized spacial score (nSPS) is 19.2. The quantitative estimate of drug-likeness (QED) is 0.519. The highest BCUT2D eigenvalue weighted by atomic mass is 32.1. The lowest BCUT2D eigenvalue weighted by Crippen LogP contribution is -2.44. The highest BCUT2D eigenvalue weighted by Gasteiger charge is 2.50. The number of carbonyl (C=O) groups excluding carboxylic acids is 2. The van der Waals surface area contributed by atoms with Gasteiger partial charge in [-0.2, -0.15) is 0 Å². The van der Waals surface area contributed by atoms with Gasteiger partial charge in [0.05, 0.1) is 6.42 Å². The molecule has 1 aliphatic carbocycles. The number of thiocarbonyl (C=S) groups is 1. The standard InChI is InChI=1S/C18H18FN5O4S/c1-22-14(17(27)28-21-22)9-23-13(16(26)24(18(23)29)12-6-7-12)8-15(25)20-11-4-2-10(19)3-5-11/h2-5,12-13H,6-9H2,1H3,(H-,20,21,25,27)/p+1. The molecule has 1 saturated heterocycles. The second kappa shape index (κ2) is 7.39. The predicted octanol–water partition coefficient (Wildman–Crippen LogP) is 0.420. The largest absolute Gasteiger partial charge is 0.431 e. The van der Waals surface area contributed by atoms with E-state index in [0.717, 1.165) is 12.8 Å². The van der Waals surface area contributed by atoms with Gasteiger partial charge in [0.15, 0.2) is 12.2 Å². The van der Waals surface area contributed by atoms with Crippen molar-refractivity contribution in [3.63, 3.8) is 0 Å². The molecular formula is C18H19FN5O4S+. The van der Waals surface area contributed by atoms with Gasteiger partial charge in [-0.1, -0.05) is 4.68 Å². The summed E-state index contributed by atoms with van der Waals surface area (Å²) in [6.07, 6.45) is 1.56. The third kappa shape index (κ3) is 3.77. The van der Waals surface area contributed by atoms with Crippen LogP contribution in [0.5, 0.6) is 0 Å². The van der Waals surface area contributed by atoms with Crippen LogP contribution in [0, 0.1) is 5.82 Å². The Balaban J connectivity index is 1.55. The van der Waals surface area contributed by atoms with Crippen LogP contribution in [0.25, 0.3) is 0 Å². The van der Waals surface area contributed by atoms with E-state index in [-0.39, 0.29) is 30.6 Å². The van der Waals surface area contributed by atoms with Crippen molar-refractivity contribution in [3.05, 3.63) is 46.2 Å². The summed E-state index contributed by atoms with van der Waals surface area (Å²) in [6.45, 7) is 0.0324. The Morgan fingerprint density at radius 1 is 1.34 bits per heavy atom. The summed E-state index contributed by atoms with van der Waals surface area (Å²) in [4.78, 5) is 40.6. The van der Waals surface area contributed by atoms with Gasteiger partial charge in [-0.25, -0.2) is 9.18 Å². The number of anilines is 1. The molecule has 1 saturated carbocycles. The molecule has 0 radical (unpaired) electrons. The van der Waals surface area contributed by atoms with E-state index in [4.69, 9.17) is 16.7 Å². The summed E-state index contributed by atoms with van der Waals surface area (Å²) in [7, 11) is 1.61. The number of halogens is 1. The second-order valence-electron chi connectivity index (χ2n) is 7.11. The Hall–Kier alpha value is -3.08. The van der Waals surface area contributed by atoms with Crippen LogP contribution in [0.3, 0.4) is 0 Å². The number of aryl methyl sites for hydroxylation is 1. The van der Waals surface area contributed by atoms with Gasteiger partial charge in [0.1, 0.15) is 18.4 Å². The van der Waals surface area contributed by atoms with Crippen molar-refractivity contribution in [1.29, 1.82) is 0 Å². The fraction of sp³-hybridized carbons (Fsp3) is 0.389. The average molecular weight is 420 g/mol. The minimum Gasteiger partial charge on any atom is -0.326 e. The number of aromatic amines is 1. The molecule has 2 N–H and O–H groups in total. The van der Waals surface area contributed by atoms with E-state index >= 15 is 0 Å². The van der Waals surface area contributed by atoms with Crippen molar-refractivity contribution in [3.8, 4) is 0 Å². The number of carbonyl (C=O) groups is 2. The molecule has 1 atom stereocenters. The molecule has 152 valence electrons. The Kier molecular flexibility index (Phi) is 4.91. The van der Waals surface area contributed by atoms with Gasteiger partial charge in [-0.3, -0.25) is 19.0 Å². The summed E-state index contributed by atoms with van der Waals surface area (Å²) in [5.74, 6) is -1.08. The summed E-state index contributed by atoms with van der Waals surface area (Å²) in [5, 5.41) is 5.39. The van der Waals surface area contributed by atoms with E-state index in [1.54, 1.807) is 16.8 Å². The van der Waals surface area contributed by atoms with E-state index in [9.17, 15) is 18.8 Å². The van der Waals surface area contributed by atoms with Crippen molar-refractivity contribution in [2.75, 3.05) is 5.32 Å². The Labute approximate surface area is 170 Å². The molecule has 2 heterocycles. The van der Waals surface area contributed by atoms with Crippen LogP contribution >= 0.6 is 12.2 Å². The van der Waals surface area contributed by atoms with E-state index in [1.165, 1.54) is 28.9 Å². The minimum absolute atomic E-state index is 0.0324. The maximum absolute atomic E-state index is 13.0. The maximum atomic E-state index is 13.0. The van der Waals surface area contributed by atoms with Crippen LogP contribution in [0.2, 0.25) is 0 Å². The number of hydrogen-bond acceptors (Lipinski definition) is 5. The summed E-state index contributed by atoms with van der Waals surface area (Å²) < 4.78 is 19.2. The molecule has 2 fully saturated rings. The Morgan fingerprint density at radius 3 is 2.62 bits per heavy atom. The van der Waals surface area contributed by atoms with Crippen LogP contribution < -0.4 is 15.6 Å². The Morgan fingerprint density at radius 2 is 2.03 bits per heavy atom. The average Bonchev–Trinajstić information content (AvgIpc) is 3.42. The molecule has 0 spiro atoms. The second-order valence-corrected chi connectivity index (χ2v) is 7.48. The highest BCUT2D eigenvalue weighted by Crippen LogP contribution is 2.34. The molecule has 2 aliphatic rings. The van der Waals surface area contributed by atoms with E-state index in [0.29, 0.717) is 10.8 Å². The zero-order valence-electron chi connectivity index (χ0n) is 15.6. The monoisotopic (exact) mass is 420 g/mol. The maximum Gasteiger partial charge on any atom is 0.431 e. The number of nitrogens with zero attached hydrogens (tertiary/aromatic N) is 3. The van der Waals surface area contributed by atoms with Crippen molar-refractivity contribution in [1.82, 2.24) is 15.1 Å². The molecule has 0 bridgehead atoms. The molecule has 4 rings (SSSR count). The molecule has 1 unspecified atom stereocenters. The van der Waals surface area contributed by atoms with E-state index < -0.39 is 23.4 Å². The van der Waals surface area contributed by atoms with Gasteiger partial charge in [-0.15, -0.1) is 0 Å². The van der Waals surface area contributed by atoms with Crippen molar-refractivity contribution in [2.45, 2.75) is 37.9 Å². The number of rotatable bonds is 6. The van der Waals surface area contributed by atoms with Gasteiger partial charge >= 0.3 is 11.3 Å². The van der Waals surface area contributed by atoms with Crippen LogP contribution in [0.15, 0.2) is 33.6 Å². The zero-order valence-corrected chi connectivity index (χ0v) is 16.4. The van der Waals surface area contributed by atoms with Gasteiger partial charge in [0, 0.05) is 11.7 Å². The molecular weight excluding hydrogens is 401 g/mol. The van der Waals surface area contributed by atoms with Crippen molar-refractivity contribution < 1.29 is 23.2 Å². The molecule has 1 aromatic carbocycles. The van der Waals surface area contributed by atoms with Crippen LogP contribution in [-0.4, -0.2) is 44.1 Å². The summed E-state index contributed by atoms with van der Waals surface area (Å²) >= 11 is 5.49. The van der Waals surface area contributed by atoms with Gasteiger partial charge in [0.2, 0.25) is 5.91 Å². The SMILES string of the molecule is C[n+]1[nH]oc(=O)c1CN1C(=S)N(C2CC2)C(=O)C1CC(=O)Nc1ccc(F)cc1. The predicted molar refractivity (Wildman–Crippen MR) is 102 cm³/mol. The molecule has 11 heteroatoms. The molecule has 29 heavy (non-hydrogen) atoms. The lowest BCUT2D eigenvalue weighted by Gasteiger charge is -2.21. The van der Waals surface area contributed by atoms with Gasteiger partial charge < -0.3 is 10.2 Å². The number of aromatic nitrogens is 2. The molecule has 2 aromatic rings. The molecule has 1 aromatic heterocycles. The lowest BCUT2D eigenvalue weighted by atomic mass is 10.1. The first kappa shape index (κ1) is 19.2. The summed E-state index contributed by atoms with van der Waals surface area (Å²) in [6, 6.07) is 4.55. The van der Waals surface area contributed by atoms with Crippen molar-refractivity contribution in [2.24, 2.45) is 7.05 Å². The first-order valence-corrected chi connectivity index (χ1v) is 9.51. The third-order valence-corrected chi connectivity index (χ3v) is 5.44. The van der Waals surface area contributed by atoms with Crippen LogP contribution in [0.1, 0.15) is 25.0 Å².